The fourth-order valence-corrected chi connectivity index (χ4v) is 5.03. The summed E-state index contributed by atoms with van der Waals surface area (Å²) in [6.07, 6.45) is -0.0645. The molecule has 1 N–H and O–H groups in total. The van der Waals surface area contributed by atoms with Gasteiger partial charge in [-0.2, -0.15) is 0 Å². The Morgan fingerprint density at radius 2 is 1.62 bits per heavy atom. The topological polar surface area (TPSA) is 85.3 Å². The molecule has 1 unspecified atom stereocenters. The first-order chi connectivity index (χ1) is 19.0. The number of amides is 1. The normalized spacial score (nSPS) is 16.9. The predicted octanol–water partition coefficient (Wildman–Crippen LogP) is 6.41. The van der Waals surface area contributed by atoms with Gasteiger partial charge in [0.25, 0.3) is 11.7 Å². The summed E-state index contributed by atoms with van der Waals surface area (Å²) in [4.78, 5) is 28.7. The highest BCUT2D eigenvalue weighted by Gasteiger charge is 2.46. The van der Waals surface area contributed by atoms with Gasteiger partial charge in [0.1, 0.15) is 23.0 Å². The number of methoxy groups -OCH3 is 2. The van der Waals surface area contributed by atoms with Crippen molar-refractivity contribution in [2.75, 3.05) is 14.2 Å². The number of benzene rings is 3. The van der Waals surface area contributed by atoms with E-state index in [-0.39, 0.29) is 29.4 Å². The number of ether oxygens (including phenoxy) is 3. The van der Waals surface area contributed by atoms with Gasteiger partial charge in [-0.15, -0.1) is 0 Å². The third-order valence-electron chi connectivity index (χ3n) is 6.90. The molecule has 7 nitrogen and oxygen atoms in total. The molecule has 0 radical (unpaired) electrons. The van der Waals surface area contributed by atoms with Gasteiger partial charge in [0.2, 0.25) is 0 Å². The van der Waals surface area contributed by atoms with Crippen LogP contribution in [0, 0.1) is 0 Å². The lowest BCUT2D eigenvalue weighted by molar-refractivity contribution is -0.140. The molecule has 0 aliphatic carbocycles. The molecule has 1 aliphatic rings. The monoisotopic (exact) mass is 543 g/mol. The Kier molecular flexibility index (Phi) is 8.24. The van der Waals surface area contributed by atoms with Gasteiger partial charge in [0.15, 0.2) is 0 Å². The van der Waals surface area contributed by atoms with E-state index in [9.17, 15) is 14.7 Å². The van der Waals surface area contributed by atoms with Gasteiger partial charge in [-0.05, 0) is 61.2 Å². The molecule has 210 valence electrons. The standard InChI is InChI=1S/C33H37NO6/c1-20(2)40-24-13-10-12-21(17-24)29-28(30(35)22-15-16-27(39-7)25(18-22)33(3,4)5)31(36)32(37)34(29)19-23-11-8-9-14-26(23)38-6/h8-18,20,29,35H,19H2,1-7H3/b30-28+. The lowest BCUT2D eigenvalue weighted by Gasteiger charge is -2.27. The number of carbonyl (C=O) groups excluding carboxylic acids is 2. The number of aliphatic hydroxyl groups excluding tert-OH is 1. The van der Waals surface area contributed by atoms with E-state index < -0.39 is 17.7 Å². The van der Waals surface area contributed by atoms with Crippen molar-refractivity contribution in [1.82, 2.24) is 4.90 Å². The Hall–Kier alpha value is -4.26. The average Bonchev–Trinajstić information content (AvgIpc) is 3.16. The smallest absolute Gasteiger partial charge is 0.295 e. The highest BCUT2D eigenvalue weighted by Crippen LogP contribution is 2.43. The molecule has 1 heterocycles. The molecule has 0 aromatic heterocycles. The number of hydrogen-bond acceptors (Lipinski definition) is 6. The molecule has 0 bridgehead atoms. The quantitative estimate of drug-likeness (QED) is 0.201. The van der Waals surface area contributed by atoms with E-state index in [1.807, 2.05) is 89.2 Å². The van der Waals surface area contributed by atoms with Gasteiger partial charge in [-0.25, -0.2) is 0 Å². The molecule has 1 aliphatic heterocycles. The molecule has 40 heavy (non-hydrogen) atoms. The number of aliphatic hydroxyl groups is 1. The van der Waals surface area contributed by atoms with Crippen LogP contribution in [0.1, 0.15) is 62.9 Å². The first-order valence-corrected chi connectivity index (χ1v) is 13.3. The fourth-order valence-electron chi connectivity index (χ4n) is 5.03. The number of rotatable bonds is 8. The number of para-hydroxylation sites is 1. The zero-order valence-electron chi connectivity index (χ0n) is 24.1. The number of likely N-dealkylation sites (tertiary alicyclic amines) is 1. The Morgan fingerprint density at radius 3 is 2.27 bits per heavy atom. The maximum Gasteiger partial charge on any atom is 0.295 e. The van der Waals surface area contributed by atoms with Crippen molar-refractivity contribution < 1.29 is 28.9 Å². The third-order valence-corrected chi connectivity index (χ3v) is 6.90. The lowest BCUT2D eigenvalue weighted by Crippen LogP contribution is -2.29. The Morgan fingerprint density at radius 1 is 0.925 bits per heavy atom. The molecule has 1 saturated heterocycles. The van der Waals surface area contributed by atoms with Gasteiger partial charge in [0.05, 0.1) is 38.5 Å². The maximum absolute atomic E-state index is 13.6. The summed E-state index contributed by atoms with van der Waals surface area (Å²) in [7, 11) is 3.16. The minimum Gasteiger partial charge on any atom is -0.507 e. The summed E-state index contributed by atoms with van der Waals surface area (Å²) in [6, 6.07) is 19.1. The van der Waals surface area contributed by atoms with E-state index in [2.05, 4.69) is 0 Å². The van der Waals surface area contributed by atoms with Crippen LogP contribution in [-0.2, 0) is 21.5 Å². The molecule has 0 saturated carbocycles. The van der Waals surface area contributed by atoms with Crippen molar-refractivity contribution in [1.29, 1.82) is 0 Å². The van der Waals surface area contributed by atoms with Crippen molar-refractivity contribution in [3.63, 3.8) is 0 Å². The average molecular weight is 544 g/mol. The summed E-state index contributed by atoms with van der Waals surface area (Å²) < 4.78 is 17.0. The van der Waals surface area contributed by atoms with Crippen LogP contribution in [0.5, 0.6) is 17.2 Å². The van der Waals surface area contributed by atoms with Gasteiger partial charge >= 0.3 is 0 Å². The molecule has 0 spiro atoms. The molecule has 7 heteroatoms. The summed E-state index contributed by atoms with van der Waals surface area (Å²) in [5.41, 5.74) is 2.42. The maximum atomic E-state index is 13.6. The molecular weight excluding hydrogens is 506 g/mol. The van der Waals surface area contributed by atoms with Crippen LogP contribution in [0.25, 0.3) is 5.76 Å². The number of carbonyl (C=O) groups is 2. The van der Waals surface area contributed by atoms with Crippen molar-refractivity contribution in [2.45, 2.75) is 58.7 Å². The largest absolute Gasteiger partial charge is 0.507 e. The van der Waals surface area contributed by atoms with E-state index in [0.717, 1.165) is 11.1 Å². The summed E-state index contributed by atoms with van der Waals surface area (Å²) in [6.45, 7) is 10.1. The van der Waals surface area contributed by atoms with Gasteiger partial charge in [0, 0.05) is 16.7 Å². The Balaban J connectivity index is 1.92. The molecule has 1 amide bonds. The SMILES string of the molecule is COc1ccccc1CN1C(=O)C(=O)/C(=C(/O)c2ccc(OC)c(C(C)(C)C)c2)C1c1cccc(OC(C)C)c1. The van der Waals surface area contributed by atoms with Crippen LogP contribution in [-0.4, -0.2) is 42.0 Å². The number of ketones is 1. The second-order valence-corrected chi connectivity index (χ2v) is 11.1. The third kappa shape index (κ3) is 5.69. The minimum atomic E-state index is -0.846. The van der Waals surface area contributed by atoms with Crippen molar-refractivity contribution in [3.05, 3.63) is 94.6 Å². The van der Waals surface area contributed by atoms with Crippen LogP contribution in [0.4, 0.5) is 0 Å². The number of Topliss-reactive ketones (excluding diaryl/α,β-unsaturated/α-hetero) is 1. The van der Waals surface area contributed by atoms with Crippen LogP contribution < -0.4 is 14.2 Å². The Bertz CT molecular complexity index is 1450. The predicted molar refractivity (Wildman–Crippen MR) is 155 cm³/mol. The number of hydrogen-bond donors (Lipinski definition) is 1. The van der Waals surface area contributed by atoms with Gasteiger partial charge < -0.3 is 24.2 Å². The van der Waals surface area contributed by atoms with Crippen molar-refractivity contribution in [2.24, 2.45) is 0 Å². The van der Waals surface area contributed by atoms with E-state index in [4.69, 9.17) is 14.2 Å². The molecular formula is C33H37NO6. The fraction of sp³-hybridized carbons (Fsp3) is 0.333. The minimum absolute atomic E-state index is 0.0200. The van der Waals surface area contributed by atoms with Crippen molar-refractivity contribution in [3.8, 4) is 17.2 Å². The van der Waals surface area contributed by atoms with Crippen molar-refractivity contribution >= 4 is 17.4 Å². The molecule has 1 fully saturated rings. The molecule has 3 aromatic carbocycles. The second-order valence-electron chi connectivity index (χ2n) is 11.1. The summed E-state index contributed by atoms with van der Waals surface area (Å²) in [5, 5.41) is 11.7. The summed E-state index contributed by atoms with van der Waals surface area (Å²) >= 11 is 0. The van der Waals surface area contributed by atoms with E-state index in [0.29, 0.717) is 28.4 Å². The summed E-state index contributed by atoms with van der Waals surface area (Å²) in [5.74, 6) is 0.197. The zero-order chi connectivity index (χ0) is 29.2. The molecule has 1 atom stereocenters. The van der Waals surface area contributed by atoms with Gasteiger partial charge in [-0.3, -0.25) is 9.59 Å². The zero-order valence-corrected chi connectivity index (χ0v) is 24.1. The number of nitrogens with zero attached hydrogens (tertiary/aromatic N) is 1. The van der Waals surface area contributed by atoms with E-state index in [1.54, 1.807) is 26.4 Å². The van der Waals surface area contributed by atoms with Gasteiger partial charge in [-0.1, -0.05) is 51.1 Å². The molecule has 3 aromatic rings. The van der Waals surface area contributed by atoms with E-state index >= 15 is 0 Å². The highest BCUT2D eigenvalue weighted by molar-refractivity contribution is 6.46. The second kappa shape index (κ2) is 11.5. The van der Waals surface area contributed by atoms with Crippen LogP contribution in [0.15, 0.2) is 72.3 Å². The van der Waals surface area contributed by atoms with Crippen LogP contribution >= 0.6 is 0 Å². The lowest BCUT2D eigenvalue weighted by atomic mass is 9.84. The van der Waals surface area contributed by atoms with Crippen LogP contribution in [0.2, 0.25) is 0 Å². The first-order valence-electron chi connectivity index (χ1n) is 13.3. The first kappa shape index (κ1) is 28.7. The highest BCUT2D eigenvalue weighted by atomic mass is 16.5. The van der Waals surface area contributed by atoms with E-state index in [1.165, 1.54) is 4.90 Å². The Labute approximate surface area is 236 Å². The van der Waals surface area contributed by atoms with Crippen LogP contribution in [0.3, 0.4) is 0 Å². The molecule has 4 rings (SSSR count).